The van der Waals surface area contributed by atoms with Crippen LogP contribution in [0.5, 0.6) is 5.75 Å². The van der Waals surface area contributed by atoms with Crippen molar-refractivity contribution in [2.75, 3.05) is 77.0 Å². The molecule has 1 aliphatic carbocycles. The summed E-state index contributed by atoms with van der Waals surface area (Å²) in [5.74, 6) is -3.41. The summed E-state index contributed by atoms with van der Waals surface area (Å²) in [6, 6.07) is 25.5. The molecule has 6 aliphatic rings. The topological polar surface area (TPSA) is 196 Å². The lowest BCUT2D eigenvalue weighted by molar-refractivity contribution is -0.136. The summed E-state index contributed by atoms with van der Waals surface area (Å²) in [6.07, 6.45) is 7.26. The maximum Gasteiger partial charge on any atom is 0.264 e. The lowest BCUT2D eigenvalue weighted by Gasteiger charge is -2.40. The minimum Gasteiger partial charge on any atom is -0.480 e. The number of ether oxygens (including phenoxy) is 2. The van der Waals surface area contributed by atoms with Gasteiger partial charge in [-0.2, -0.15) is 0 Å². The highest BCUT2D eigenvalue weighted by atomic mass is 35.5. The number of rotatable bonds is 17. The Balaban J connectivity index is 0.674. The molecule has 5 heterocycles. The van der Waals surface area contributed by atoms with Crippen LogP contribution in [0.1, 0.15) is 112 Å². The summed E-state index contributed by atoms with van der Waals surface area (Å²) in [5, 5.41) is 9.63. The Morgan fingerprint density at radius 3 is 2.29 bits per heavy atom. The number of nitrogens with zero attached hydrogens (tertiary/aromatic N) is 4. The molecular weight excluding hydrogens is 979 g/mol. The number of piperidine rings is 2. The van der Waals surface area contributed by atoms with Gasteiger partial charge < -0.3 is 30.7 Å². The third kappa shape index (κ3) is 11.7. The molecule has 0 spiro atoms. The van der Waals surface area contributed by atoms with Gasteiger partial charge >= 0.3 is 0 Å². The predicted octanol–water partition coefficient (Wildman–Crippen LogP) is 5.49. The molecule has 5 aliphatic heterocycles. The van der Waals surface area contributed by atoms with Crippen molar-refractivity contribution < 1.29 is 42.6 Å². The van der Waals surface area contributed by atoms with E-state index in [4.69, 9.17) is 26.8 Å². The Morgan fingerprint density at radius 1 is 0.813 bits per heavy atom. The number of fused-ring (bicyclic) bond motifs is 1. The third-order valence-corrected chi connectivity index (χ3v) is 16.3. The van der Waals surface area contributed by atoms with Crippen molar-refractivity contribution in [2.24, 2.45) is 11.7 Å². The van der Waals surface area contributed by atoms with Crippen LogP contribution in [0.25, 0.3) is 11.1 Å². The van der Waals surface area contributed by atoms with Crippen LogP contribution >= 0.6 is 11.6 Å². The molecular formula is C57H64ClFN8O8. The number of piperazine rings is 1. The first-order valence-electron chi connectivity index (χ1n) is 26.5. The van der Waals surface area contributed by atoms with Crippen LogP contribution in [0.4, 0.5) is 10.1 Å². The van der Waals surface area contributed by atoms with Crippen LogP contribution < -0.4 is 31.3 Å². The molecule has 0 bridgehead atoms. The highest BCUT2D eigenvalue weighted by Gasteiger charge is 2.46. The Labute approximate surface area is 441 Å². The minimum absolute atomic E-state index is 0.0582. The van der Waals surface area contributed by atoms with E-state index in [0.29, 0.717) is 61.1 Å². The number of carbonyl (C=O) groups excluding carboxylic acids is 6. The second-order valence-corrected chi connectivity index (χ2v) is 21.2. The summed E-state index contributed by atoms with van der Waals surface area (Å²) < 4.78 is 27.8. The van der Waals surface area contributed by atoms with Crippen molar-refractivity contribution in [3.8, 4) is 16.9 Å². The van der Waals surface area contributed by atoms with Crippen LogP contribution in [0.2, 0.25) is 5.02 Å². The number of anilines is 1. The van der Waals surface area contributed by atoms with Crippen molar-refractivity contribution >= 4 is 52.7 Å². The van der Waals surface area contributed by atoms with Gasteiger partial charge in [-0.15, -0.1) is 0 Å². The van der Waals surface area contributed by atoms with Crippen molar-refractivity contribution in [1.82, 2.24) is 30.7 Å². The standard InChI is InChI=1S/C57H64ClFN8O8/c58-45-17-11-37(30-43(45)51-41(54(60)70)16-19-48(53(51)59)75-34-40-8-5-29-74-40)44(36-6-2-1-3-7-36)31-61-38-12-14-39(15-13-38)62-50(69)33-64-23-21-35(22-24-64)32-65-25-27-66(28-26-65)46-10-4-9-42-52(46)57(73)67(56(42)72)47-18-20-49(68)63-55(47)71/h1-4,6-7,9-11,17,30,35,38-40,44,47,61H,5,8,12-15,18,20-29,31-34H2,(H2,60,70)(H,62,69)(H,63,68,71)/t38?,39?,40-,44?,47?/m0/s1. The minimum atomic E-state index is -1.00. The molecule has 3 atom stereocenters. The van der Waals surface area contributed by atoms with E-state index in [1.165, 1.54) is 0 Å². The quantitative estimate of drug-likeness (QED) is 0.0974. The maximum absolute atomic E-state index is 16.4. The fourth-order valence-electron chi connectivity index (χ4n) is 11.8. The molecule has 5 N–H and O–H groups in total. The normalized spacial score (nSPS) is 23.2. The van der Waals surface area contributed by atoms with E-state index < -0.39 is 41.4 Å². The zero-order chi connectivity index (χ0) is 52.2. The Morgan fingerprint density at radius 2 is 1.57 bits per heavy atom. The fourth-order valence-corrected chi connectivity index (χ4v) is 12.1. The number of imide groups is 2. The highest BCUT2D eigenvalue weighted by Crippen LogP contribution is 2.39. The molecule has 2 unspecified atom stereocenters. The highest BCUT2D eigenvalue weighted by molar-refractivity contribution is 6.33. The SMILES string of the molecule is NC(=O)c1c#cc(OC[C@@H]2CCCO2)c(F)c1-c1cc(C(CNC2CCC(NC(=O)CN3CCC(CN4CCN(c5cccc6c5C(=O)N(C5CCC(=O)NC5=O)C6=O)CC4)CC3)CC2)c2ccccc2)ccc1Cl. The Bertz CT molecular complexity index is 2790. The molecule has 18 heteroatoms. The number of nitrogens with two attached hydrogens (primary N) is 1. The molecule has 10 rings (SSSR count). The van der Waals surface area contributed by atoms with E-state index in [1.54, 1.807) is 18.2 Å². The lowest BCUT2D eigenvalue weighted by Crippen LogP contribution is -2.54. The zero-order valence-corrected chi connectivity index (χ0v) is 42.8. The molecule has 75 heavy (non-hydrogen) atoms. The number of hydrogen-bond acceptors (Lipinski definition) is 12. The van der Waals surface area contributed by atoms with Gasteiger partial charge in [-0.1, -0.05) is 60.1 Å². The number of hydrogen-bond donors (Lipinski definition) is 4. The summed E-state index contributed by atoms with van der Waals surface area (Å²) >= 11 is 6.78. The van der Waals surface area contributed by atoms with Gasteiger partial charge in [-0.25, -0.2) is 4.39 Å². The van der Waals surface area contributed by atoms with E-state index >= 15 is 4.39 Å². The maximum atomic E-state index is 16.4. The molecule has 0 aromatic heterocycles. The van der Waals surface area contributed by atoms with Gasteiger partial charge in [0.1, 0.15) is 18.2 Å². The first kappa shape index (κ1) is 52.0. The van der Waals surface area contributed by atoms with E-state index in [0.717, 1.165) is 100 Å². The van der Waals surface area contributed by atoms with Crippen LogP contribution in [0.3, 0.4) is 0 Å². The average molecular weight is 1040 g/mol. The fraction of sp³-hybridized carbons (Fsp3) is 0.474. The molecule has 6 amide bonds. The summed E-state index contributed by atoms with van der Waals surface area (Å²) in [5.41, 5.74) is 9.05. The van der Waals surface area contributed by atoms with E-state index in [1.807, 2.05) is 36.4 Å². The summed E-state index contributed by atoms with van der Waals surface area (Å²) in [6.45, 7) is 7.42. The largest absolute Gasteiger partial charge is 0.480 e. The number of likely N-dealkylation sites (tertiary alicyclic amines) is 1. The van der Waals surface area contributed by atoms with Crippen molar-refractivity contribution in [2.45, 2.75) is 94.4 Å². The monoisotopic (exact) mass is 1040 g/mol. The van der Waals surface area contributed by atoms with Crippen LogP contribution in [-0.4, -0.2) is 146 Å². The molecule has 394 valence electrons. The van der Waals surface area contributed by atoms with E-state index in [9.17, 15) is 28.8 Å². The van der Waals surface area contributed by atoms with Crippen molar-refractivity contribution in [3.05, 3.63) is 118 Å². The third-order valence-electron chi connectivity index (χ3n) is 16.0. The number of amides is 6. The van der Waals surface area contributed by atoms with Crippen LogP contribution in [0.15, 0.2) is 66.7 Å². The number of nitrogens with one attached hydrogen (secondary N) is 3. The number of halogens is 2. The number of benzene rings is 3. The van der Waals surface area contributed by atoms with Gasteiger partial charge in [0, 0.05) is 86.4 Å². The molecule has 1 saturated carbocycles. The molecule has 4 aromatic carbocycles. The number of primary amides is 1. The predicted molar refractivity (Wildman–Crippen MR) is 279 cm³/mol. The van der Waals surface area contributed by atoms with E-state index in [2.05, 4.69) is 54.9 Å². The summed E-state index contributed by atoms with van der Waals surface area (Å²) in [7, 11) is 0. The second-order valence-electron chi connectivity index (χ2n) is 20.8. The Kier molecular flexibility index (Phi) is 16.1. The van der Waals surface area contributed by atoms with Gasteiger partial charge in [0.25, 0.3) is 17.7 Å². The van der Waals surface area contributed by atoms with Gasteiger partial charge in [0.2, 0.25) is 23.5 Å². The lowest BCUT2D eigenvalue weighted by atomic mass is 9.87. The molecule has 5 fully saturated rings. The average Bonchev–Trinajstić information content (AvgIpc) is 4.04. The van der Waals surface area contributed by atoms with Gasteiger partial charge in [0.05, 0.1) is 29.5 Å². The summed E-state index contributed by atoms with van der Waals surface area (Å²) in [4.78, 5) is 85.4. The van der Waals surface area contributed by atoms with Crippen molar-refractivity contribution in [3.63, 3.8) is 0 Å². The van der Waals surface area contributed by atoms with Crippen LogP contribution in [0, 0.1) is 23.9 Å². The van der Waals surface area contributed by atoms with Gasteiger partial charge in [-0.3, -0.25) is 48.8 Å². The molecule has 16 nitrogen and oxygen atoms in total. The number of carbonyl (C=O) groups is 6. The van der Waals surface area contributed by atoms with Gasteiger partial charge in [-0.05, 0) is 118 Å². The van der Waals surface area contributed by atoms with E-state index in [-0.39, 0.29) is 71.4 Å². The zero-order valence-electron chi connectivity index (χ0n) is 42.1. The molecule has 4 saturated heterocycles. The van der Waals surface area contributed by atoms with Gasteiger partial charge in [0.15, 0.2) is 5.82 Å². The molecule has 0 radical (unpaired) electrons. The second kappa shape index (κ2) is 23.2. The van der Waals surface area contributed by atoms with Crippen molar-refractivity contribution in [1.29, 1.82) is 0 Å². The molecule has 4 aromatic rings. The first-order valence-corrected chi connectivity index (χ1v) is 26.9. The van der Waals surface area contributed by atoms with Crippen LogP contribution in [-0.2, 0) is 19.1 Å². The smallest absolute Gasteiger partial charge is 0.264 e. The Hall–Kier alpha value is -6.42. The first-order chi connectivity index (χ1) is 36.4.